The molecule has 0 N–H and O–H groups in total. The highest BCUT2D eigenvalue weighted by Crippen LogP contribution is 2.46. The van der Waals surface area contributed by atoms with Gasteiger partial charge in [0.2, 0.25) is 0 Å². The Balaban J connectivity index is 1.89. The van der Waals surface area contributed by atoms with Crippen LogP contribution in [0.5, 0.6) is 0 Å². The van der Waals surface area contributed by atoms with Gasteiger partial charge in [-0.2, -0.15) is 5.26 Å². The summed E-state index contributed by atoms with van der Waals surface area (Å²) in [6.07, 6.45) is 4.99. The fraction of sp³-hybridized carbons (Fsp3) is 0.727. The monoisotopic (exact) mass is 234 g/mol. The second-order valence-electron chi connectivity index (χ2n) is 4.61. The molecule has 0 saturated heterocycles. The average molecular weight is 234 g/mol. The summed E-state index contributed by atoms with van der Waals surface area (Å²) in [5.74, 6) is 1.80. The Morgan fingerprint density at radius 3 is 2.69 bits per heavy atom. The zero-order valence-corrected chi connectivity index (χ0v) is 10.1. The van der Waals surface area contributed by atoms with Crippen molar-refractivity contribution >= 4 is 11.8 Å². The largest absolute Gasteiger partial charge is 0.303 e. The highest BCUT2D eigenvalue weighted by molar-refractivity contribution is 8.00. The van der Waals surface area contributed by atoms with Crippen molar-refractivity contribution < 1.29 is 0 Å². The molecule has 84 valence electrons. The van der Waals surface area contributed by atoms with Crippen LogP contribution in [0.4, 0.5) is 0 Å². The molecular formula is C11H14N4S. The summed E-state index contributed by atoms with van der Waals surface area (Å²) in [4.78, 5) is 0. The van der Waals surface area contributed by atoms with Crippen molar-refractivity contribution in [1.29, 1.82) is 5.26 Å². The minimum atomic E-state index is -0.0475. The van der Waals surface area contributed by atoms with E-state index >= 15 is 0 Å². The van der Waals surface area contributed by atoms with E-state index in [9.17, 15) is 0 Å². The van der Waals surface area contributed by atoms with E-state index in [1.807, 2.05) is 6.92 Å². The molecule has 3 rings (SSSR count). The van der Waals surface area contributed by atoms with E-state index in [0.717, 1.165) is 11.0 Å². The zero-order chi connectivity index (χ0) is 11.1. The Hall–Kier alpha value is -1.02. The number of hydrogen-bond donors (Lipinski definition) is 0. The summed E-state index contributed by atoms with van der Waals surface area (Å²) in [6, 6.07) is 2.85. The number of hydrogen-bond acceptors (Lipinski definition) is 4. The van der Waals surface area contributed by atoms with Crippen LogP contribution < -0.4 is 0 Å². The number of thioether (sulfide) groups is 1. The van der Waals surface area contributed by atoms with Crippen LogP contribution in [0.1, 0.15) is 50.4 Å². The molecule has 2 saturated carbocycles. The fourth-order valence-corrected chi connectivity index (χ4v) is 2.66. The molecule has 0 radical (unpaired) electrons. The van der Waals surface area contributed by atoms with Gasteiger partial charge >= 0.3 is 0 Å². The predicted molar refractivity (Wildman–Crippen MR) is 61.2 cm³/mol. The van der Waals surface area contributed by atoms with Gasteiger partial charge in [-0.15, -0.1) is 10.2 Å². The third-order valence-corrected chi connectivity index (χ3v) is 3.96. The Kier molecular flexibility index (Phi) is 2.40. The Morgan fingerprint density at radius 1 is 1.38 bits per heavy atom. The lowest BCUT2D eigenvalue weighted by atomic mass is 10.4. The van der Waals surface area contributed by atoms with Gasteiger partial charge in [0.15, 0.2) is 5.16 Å². The van der Waals surface area contributed by atoms with Crippen LogP contribution >= 0.6 is 11.8 Å². The summed E-state index contributed by atoms with van der Waals surface area (Å²) in [5.41, 5.74) is 0. The van der Waals surface area contributed by atoms with Gasteiger partial charge in [0, 0.05) is 12.0 Å². The minimum Gasteiger partial charge on any atom is -0.303 e. The van der Waals surface area contributed by atoms with Crippen LogP contribution in [-0.4, -0.2) is 20.0 Å². The van der Waals surface area contributed by atoms with Crippen LogP contribution in [0.2, 0.25) is 0 Å². The van der Waals surface area contributed by atoms with Gasteiger partial charge in [-0.25, -0.2) is 0 Å². The number of nitrogens with zero attached hydrogens (tertiary/aromatic N) is 4. The minimum absolute atomic E-state index is 0.0475. The second-order valence-corrected chi connectivity index (χ2v) is 5.91. The lowest BCUT2D eigenvalue weighted by Gasteiger charge is -2.08. The number of aromatic nitrogens is 3. The molecule has 4 nitrogen and oxygen atoms in total. The molecule has 0 unspecified atom stereocenters. The first kappa shape index (κ1) is 10.2. The molecule has 16 heavy (non-hydrogen) atoms. The SMILES string of the molecule is C[C@@H](C#N)Sc1nnc(C2CC2)n1C1CC1. The van der Waals surface area contributed by atoms with Gasteiger partial charge in [0.05, 0.1) is 11.3 Å². The van der Waals surface area contributed by atoms with Gasteiger partial charge < -0.3 is 4.57 Å². The Labute approximate surface area is 99.0 Å². The van der Waals surface area contributed by atoms with Crippen LogP contribution in [0, 0.1) is 11.3 Å². The molecule has 0 amide bonds. The molecule has 2 aliphatic rings. The molecule has 0 spiro atoms. The summed E-state index contributed by atoms with van der Waals surface area (Å²) in [5, 5.41) is 18.3. The van der Waals surface area contributed by atoms with E-state index in [1.54, 1.807) is 0 Å². The smallest absolute Gasteiger partial charge is 0.192 e. The van der Waals surface area contributed by atoms with Crippen molar-refractivity contribution in [3.63, 3.8) is 0 Å². The number of rotatable bonds is 4. The summed E-state index contributed by atoms with van der Waals surface area (Å²) < 4.78 is 2.29. The van der Waals surface area contributed by atoms with Crippen molar-refractivity contribution in [2.24, 2.45) is 0 Å². The summed E-state index contributed by atoms with van der Waals surface area (Å²) >= 11 is 1.53. The maximum absolute atomic E-state index is 8.84. The zero-order valence-electron chi connectivity index (χ0n) is 9.26. The molecule has 5 heteroatoms. The van der Waals surface area contributed by atoms with E-state index in [2.05, 4.69) is 20.8 Å². The normalized spacial score (nSPS) is 21.8. The molecule has 0 aromatic carbocycles. The lowest BCUT2D eigenvalue weighted by Crippen LogP contribution is -2.03. The first-order chi connectivity index (χ1) is 7.79. The van der Waals surface area contributed by atoms with E-state index in [1.165, 1.54) is 37.4 Å². The second kappa shape index (κ2) is 3.77. The predicted octanol–water partition coefficient (Wildman–Crippen LogP) is 2.49. The van der Waals surface area contributed by atoms with Gasteiger partial charge in [0.25, 0.3) is 0 Å². The van der Waals surface area contributed by atoms with Gasteiger partial charge in [-0.05, 0) is 32.6 Å². The Bertz CT molecular complexity index is 439. The average Bonchev–Trinajstić information content (AvgIpc) is 3.18. The molecule has 0 aliphatic heterocycles. The van der Waals surface area contributed by atoms with E-state index in [4.69, 9.17) is 5.26 Å². The molecular weight excluding hydrogens is 220 g/mol. The van der Waals surface area contributed by atoms with Crippen molar-refractivity contribution in [2.45, 2.75) is 55.0 Å². The standard InChI is InChI=1S/C11H14N4S/c1-7(6-12)16-11-14-13-10(8-2-3-8)15(11)9-4-5-9/h7-9H,2-5H2,1H3/t7-/m0/s1. The van der Waals surface area contributed by atoms with Crippen molar-refractivity contribution in [1.82, 2.24) is 14.8 Å². The number of nitriles is 1. The quantitative estimate of drug-likeness (QED) is 0.751. The van der Waals surface area contributed by atoms with Gasteiger partial charge in [-0.1, -0.05) is 11.8 Å². The first-order valence-corrected chi connectivity index (χ1v) is 6.68. The first-order valence-electron chi connectivity index (χ1n) is 5.80. The van der Waals surface area contributed by atoms with E-state index in [-0.39, 0.29) is 5.25 Å². The summed E-state index contributed by atoms with van der Waals surface area (Å²) in [7, 11) is 0. The molecule has 1 heterocycles. The fourth-order valence-electron chi connectivity index (χ4n) is 1.85. The topological polar surface area (TPSA) is 54.5 Å². The molecule has 0 bridgehead atoms. The molecule has 1 aromatic heterocycles. The third kappa shape index (κ3) is 1.82. The van der Waals surface area contributed by atoms with Crippen LogP contribution in [0.25, 0.3) is 0 Å². The van der Waals surface area contributed by atoms with Crippen molar-refractivity contribution in [2.75, 3.05) is 0 Å². The van der Waals surface area contributed by atoms with Crippen LogP contribution in [0.3, 0.4) is 0 Å². The van der Waals surface area contributed by atoms with E-state index < -0.39 is 0 Å². The van der Waals surface area contributed by atoms with Crippen LogP contribution in [0.15, 0.2) is 5.16 Å². The maximum atomic E-state index is 8.84. The molecule has 1 aromatic rings. The highest BCUT2D eigenvalue weighted by atomic mass is 32.2. The summed E-state index contributed by atoms with van der Waals surface area (Å²) in [6.45, 7) is 1.91. The maximum Gasteiger partial charge on any atom is 0.192 e. The molecule has 2 aliphatic carbocycles. The van der Waals surface area contributed by atoms with Gasteiger partial charge in [-0.3, -0.25) is 0 Å². The third-order valence-electron chi connectivity index (χ3n) is 3.01. The lowest BCUT2D eigenvalue weighted by molar-refractivity contribution is 0.626. The Morgan fingerprint density at radius 2 is 2.12 bits per heavy atom. The van der Waals surface area contributed by atoms with E-state index in [0.29, 0.717) is 12.0 Å². The van der Waals surface area contributed by atoms with Crippen molar-refractivity contribution in [3.8, 4) is 6.07 Å². The van der Waals surface area contributed by atoms with Gasteiger partial charge in [0.1, 0.15) is 5.82 Å². The molecule has 1 atom stereocenters. The highest BCUT2D eigenvalue weighted by Gasteiger charge is 2.36. The van der Waals surface area contributed by atoms with Crippen LogP contribution in [-0.2, 0) is 0 Å². The van der Waals surface area contributed by atoms with Crippen molar-refractivity contribution in [3.05, 3.63) is 5.82 Å². The molecule has 2 fully saturated rings.